The summed E-state index contributed by atoms with van der Waals surface area (Å²) >= 11 is 0. The number of amides is 2. The van der Waals surface area contributed by atoms with Crippen molar-refractivity contribution >= 4 is 23.2 Å². The average Bonchev–Trinajstić information content (AvgIpc) is 2.38. The Morgan fingerprint density at radius 3 is 2.85 bits per heavy atom. The Morgan fingerprint density at radius 2 is 2.15 bits per heavy atom. The number of nitrogens with one attached hydrogen (secondary N) is 2. The number of benzene rings is 1. The van der Waals surface area contributed by atoms with Crippen molar-refractivity contribution in [3.8, 4) is 5.75 Å². The van der Waals surface area contributed by atoms with Crippen molar-refractivity contribution in [2.75, 3.05) is 10.6 Å². The molecular formula is C15H20N2O3. The van der Waals surface area contributed by atoms with E-state index in [-0.39, 0.29) is 11.8 Å². The average molecular weight is 276 g/mol. The molecule has 0 fully saturated rings. The zero-order valence-corrected chi connectivity index (χ0v) is 12.1. The van der Waals surface area contributed by atoms with Gasteiger partial charge in [0.15, 0.2) is 5.60 Å². The quantitative estimate of drug-likeness (QED) is 0.888. The Labute approximate surface area is 118 Å². The minimum absolute atomic E-state index is 0.0562. The molecule has 5 nitrogen and oxygen atoms in total. The van der Waals surface area contributed by atoms with Gasteiger partial charge in [0.1, 0.15) is 11.4 Å². The van der Waals surface area contributed by atoms with Gasteiger partial charge in [-0.05, 0) is 32.4 Å². The number of ether oxygens (including phenoxy) is 1. The van der Waals surface area contributed by atoms with E-state index in [1.165, 1.54) is 0 Å². The number of unbranched alkanes of at least 4 members (excludes halogenated alkanes) is 1. The van der Waals surface area contributed by atoms with E-state index < -0.39 is 5.60 Å². The van der Waals surface area contributed by atoms with E-state index in [2.05, 4.69) is 10.6 Å². The van der Waals surface area contributed by atoms with Crippen molar-refractivity contribution in [3.05, 3.63) is 18.2 Å². The molecule has 1 aromatic carbocycles. The number of para-hydroxylation sites is 1. The molecule has 1 aromatic rings. The van der Waals surface area contributed by atoms with Gasteiger partial charge in [0.2, 0.25) is 5.91 Å². The topological polar surface area (TPSA) is 67.4 Å². The number of carbonyl (C=O) groups is 2. The lowest BCUT2D eigenvalue weighted by Gasteiger charge is -2.32. The van der Waals surface area contributed by atoms with E-state index in [1.54, 1.807) is 32.0 Å². The second-order valence-electron chi connectivity index (χ2n) is 5.40. The van der Waals surface area contributed by atoms with Crippen LogP contribution in [-0.4, -0.2) is 17.4 Å². The van der Waals surface area contributed by atoms with Gasteiger partial charge in [-0.2, -0.15) is 0 Å². The van der Waals surface area contributed by atoms with Gasteiger partial charge in [-0.15, -0.1) is 0 Å². The number of hydrogen-bond acceptors (Lipinski definition) is 3. The Kier molecular flexibility index (Phi) is 3.97. The molecule has 0 unspecified atom stereocenters. The van der Waals surface area contributed by atoms with Crippen molar-refractivity contribution in [2.45, 2.75) is 45.6 Å². The predicted octanol–water partition coefficient (Wildman–Crippen LogP) is 2.92. The summed E-state index contributed by atoms with van der Waals surface area (Å²) in [6.07, 6.45) is 2.28. The van der Waals surface area contributed by atoms with Gasteiger partial charge in [0, 0.05) is 6.42 Å². The summed E-state index contributed by atoms with van der Waals surface area (Å²) in [6.45, 7) is 5.45. The van der Waals surface area contributed by atoms with Crippen LogP contribution in [0.1, 0.15) is 40.0 Å². The highest BCUT2D eigenvalue weighted by molar-refractivity contribution is 6.05. The van der Waals surface area contributed by atoms with E-state index in [4.69, 9.17) is 4.74 Å². The molecule has 2 N–H and O–H groups in total. The zero-order valence-electron chi connectivity index (χ0n) is 12.1. The lowest BCUT2D eigenvalue weighted by Crippen LogP contribution is -2.45. The first kappa shape index (κ1) is 14.4. The van der Waals surface area contributed by atoms with Gasteiger partial charge < -0.3 is 15.4 Å². The van der Waals surface area contributed by atoms with Crippen molar-refractivity contribution in [2.24, 2.45) is 0 Å². The molecule has 1 aliphatic heterocycles. The van der Waals surface area contributed by atoms with E-state index in [0.29, 0.717) is 23.5 Å². The number of carbonyl (C=O) groups excluding carboxylic acids is 2. The first-order valence-corrected chi connectivity index (χ1v) is 6.87. The minimum atomic E-state index is -0.905. The molecule has 5 heteroatoms. The molecule has 0 saturated heterocycles. The third kappa shape index (κ3) is 2.92. The summed E-state index contributed by atoms with van der Waals surface area (Å²) in [7, 11) is 0. The predicted molar refractivity (Wildman–Crippen MR) is 77.9 cm³/mol. The summed E-state index contributed by atoms with van der Waals surface area (Å²) in [6, 6.07) is 5.32. The standard InChI is InChI=1S/C15H20N2O3/c1-4-5-9-12(18)16-10-7-6-8-11-13(10)17-14(19)15(2,3)20-11/h6-8H,4-5,9H2,1-3H3,(H,16,18)(H,17,19). The fraction of sp³-hybridized carbons (Fsp3) is 0.467. The van der Waals surface area contributed by atoms with Crippen LogP contribution in [0.5, 0.6) is 5.75 Å². The van der Waals surface area contributed by atoms with Crippen LogP contribution in [0.4, 0.5) is 11.4 Å². The fourth-order valence-corrected chi connectivity index (χ4v) is 1.98. The molecule has 0 bridgehead atoms. The molecular weight excluding hydrogens is 256 g/mol. The van der Waals surface area contributed by atoms with Crippen molar-refractivity contribution in [1.29, 1.82) is 0 Å². The van der Waals surface area contributed by atoms with Crippen LogP contribution in [-0.2, 0) is 9.59 Å². The highest BCUT2D eigenvalue weighted by atomic mass is 16.5. The molecule has 2 rings (SSSR count). The molecule has 0 aliphatic carbocycles. The Hall–Kier alpha value is -2.04. The number of fused-ring (bicyclic) bond motifs is 1. The largest absolute Gasteiger partial charge is 0.476 e. The second kappa shape index (κ2) is 5.53. The zero-order chi connectivity index (χ0) is 14.8. The Balaban J connectivity index is 2.21. The van der Waals surface area contributed by atoms with Gasteiger partial charge >= 0.3 is 0 Å². The minimum Gasteiger partial charge on any atom is -0.476 e. The molecule has 0 atom stereocenters. The van der Waals surface area contributed by atoms with Gasteiger partial charge in [0.25, 0.3) is 5.91 Å². The highest BCUT2D eigenvalue weighted by Crippen LogP contribution is 2.38. The molecule has 0 spiro atoms. The van der Waals surface area contributed by atoms with E-state index in [9.17, 15) is 9.59 Å². The lowest BCUT2D eigenvalue weighted by molar-refractivity contribution is -0.129. The molecule has 0 radical (unpaired) electrons. The molecule has 1 aliphatic rings. The fourth-order valence-electron chi connectivity index (χ4n) is 1.98. The van der Waals surface area contributed by atoms with Crippen LogP contribution in [0.15, 0.2) is 18.2 Å². The normalized spacial score (nSPS) is 15.8. The molecule has 1 heterocycles. The van der Waals surface area contributed by atoms with Crippen LogP contribution in [0.2, 0.25) is 0 Å². The van der Waals surface area contributed by atoms with Crippen molar-refractivity contribution in [1.82, 2.24) is 0 Å². The molecule has 20 heavy (non-hydrogen) atoms. The summed E-state index contributed by atoms with van der Waals surface area (Å²) in [4.78, 5) is 23.7. The Morgan fingerprint density at radius 1 is 1.40 bits per heavy atom. The molecule has 2 amide bonds. The molecule has 0 saturated carbocycles. The highest BCUT2D eigenvalue weighted by Gasteiger charge is 2.36. The number of rotatable bonds is 4. The maximum Gasteiger partial charge on any atom is 0.268 e. The van der Waals surface area contributed by atoms with Crippen LogP contribution in [0.3, 0.4) is 0 Å². The summed E-state index contributed by atoms with van der Waals surface area (Å²) in [5.41, 5.74) is 0.201. The lowest BCUT2D eigenvalue weighted by atomic mass is 10.1. The van der Waals surface area contributed by atoms with Gasteiger partial charge in [0.05, 0.1) is 5.69 Å². The van der Waals surface area contributed by atoms with Crippen LogP contribution in [0, 0.1) is 0 Å². The summed E-state index contributed by atoms with van der Waals surface area (Å²) in [5, 5.41) is 5.62. The first-order chi connectivity index (χ1) is 9.44. The Bertz CT molecular complexity index is 538. The van der Waals surface area contributed by atoms with Crippen LogP contribution >= 0.6 is 0 Å². The van der Waals surface area contributed by atoms with Gasteiger partial charge in [-0.1, -0.05) is 19.4 Å². The van der Waals surface area contributed by atoms with Crippen LogP contribution in [0.25, 0.3) is 0 Å². The van der Waals surface area contributed by atoms with E-state index >= 15 is 0 Å². The molecule has 0 aromatic heterocycles. The van der Waals surface area contributed by atoms with E-state index in [0.717, 1.165) is 12.8 Å². The van der Waals surface area contributed by atoms with Gasteiger partial charge in [-0.3, -0.25) is 9.59 Å². The van der Waals surface area contributed by atoms with Crippen LogP contribution < -0.4 is 15.4 Å². The van der Waals surface area contributed by atoms with Crippen molar-refractivity contribution in [3.63, 3.8) is 0 Å². The maximum atomic E-state index is 11.9. The maximum absolute atomic E-state index is 11.9. The monoisotopic (exact) mass is 276 g/mol. The summed E-state index contributed by atoms with van der Waals surface area (Å²) < 4.78 is 5.67. The first-order valence-electron chi connectivity index (χ1n) is 6.87. The number of anilines is 2. The van der Waals surface area contributed by atoms with Gasteiger partial charge in [-0.25, -0.2) is 0 Å². The SMILES string of the molecule is CCCCC(=O)Nc1cccc2c1NC(=O)C(C)(C)O2. The summed E-state index contributed by atoms with van der Waals surface area (Å²) in [5.74, 6) is 0.294. The third-order valence-corrected chi connectivity index (χ3v) is 3.21. The smallest absolute Gasteiger partial charge is 0.268 e. The molecule has 108 valence electrons. The number of hydrogen-bond donors (Lipinski definition) is 2. The third-order valence-electron chi connectivity index (χ3n) is 3.21. The second-order valence-corrected chi connectivity index (χ2v) is 5.40. The van der Waals surface area contributed by atoms with Crippen molar-refractivity contribution < 1.29 is 14.3 Å². The van der Waals surface area contributed by atoms with E-state index in [1.807, 2.05) is 6.92 Å².